The SMILES string of the molecule is c1cc(-c2nc(N3CCNCC3)c3c(C4CCC4)cncc3n2)c2cc[nH]c2n1. The van der Waals surface area contributed by atoms with Crippen LogP contribution >= 0.6 is 0 Å². The van der Waals surface area contributed by atoms with Crippen LogP contribution in [0.15, 0.2) is 36.9 Å². The highest BCUT2D eigenvalue weighted by Crippen LogP contribution is 2.42. The van der Waals surface area contributed by atoms with Gasteiger partial charge in [0.05, 0.1) is 11.7 Å². The van der Waals surface area contributed by atoms with Crippen molar-refractivity contribution in [3.05, 3.63) is 42.5 Å². The van der Waals surface area contributed by atoms with Crippen molar-refractivity contribution in [2.24, 2.45) is 0 Å². The van der Waals surface area contributed by atoms with Gasteiger partial charge in [-0.05, 0) is 36.5 Å². The van der Waals surface area contributed by atoms with Crippen LogP contribution in [-0.4, -0.2) is 51.1 Å². The molecule has 1 aliphatic heterocycles. The molecule has 2 N–H and O–H groups in total. The van der Waals surface area contributed by atoms with Crippen molar-refractivity contribution in [3.8, 4) is 11.4 Å². The molecular formula is C22H23N7. The van der Waals surface area contributed by atoms with Crippen LogP contribution in [0.2, 0.25) is 0 Å². The van der Waals surface area contributed by atoms with Gasteiger partial charge in [0.15, 0.2) is 5.82 Å². The van der Waals surface area contributed by atoms with E-state index in [4.69, 9.17) is 9.97 Å². The highest BCUT2D eigenvalue weighted by Gasteiger charge is 2.26. The van der Waals surface area contributed by atoms with Gasteiger partial charge in [-0.2, -0.15) is 0 Å². The van der Waals surface area contributed by atoms with Gasteiger partial charge in [0, 0.05) is 61.1 Å². The van der Waals surface area contributed by atoms with Crippen LogP contribution in [0.4, 0.5) is 5.82 Å². The Kier molecular flexibility index (Phi) is 3.94. The second-order valence-corrected chi connectivity index (χ2v) is 7.96. The van der Waals surface area contributed by atoms with Gasteiger partial charge >= 0.3 is 0 Å². The van der Waals surface area contributed by atoms with E-state index in [0.717, 1.165) is 59.9 Å². The third kappa shape index (κ3) is 2.76. The van der Waals surface area contributed by atoms with Gasteiger partial charge in [0.25, 0.3) is 0 Å². The van der Waals surface area contributed by atoms with Crippen molar-refractivity contribution in [2.45, 2.75) is 25.2 Å². The molecule has 2 aliphatic rings. The monoisotopic (exact) mass is 385 g/mol. The quantitative estimate of drug-likeness (QED) is 0.563. The standard InChI is InChI=1S/C22H23N7/c1-2-14(3-1)17-12-24-13-18-19(17)22(29-10-8-23-9-11-29)28-21(27-18)16-5-7-26-20-15(16)4-6-25-20/h4-7,12-14,23H,1-3,8-11H2,(H,25,26). The number of piperazine rings is 1. The fraction of sp³-hybridized carbons (Fsp3) is 0.364. The zero-order chi connectivity index (χ0) is 19.2. The van der Waals surface area contributed by atoms with Crippen LogP contribution in [-0.2, 0) is 0 Å². The molecule has 29 heavy (non-hydrogen) atoms. The number of hydrogen-bond donors (Lipinski definition) is 2. The van der Waals surface area contributed by atoms with Gasteiger partial charge in [-0.15, -0.1) is 0 Å². The average Bonchev–Trinajstić information content (AvgIpc) is 3.21. The number of hydrogen-bond acceptors (Lipinski definition) is 6. The minimum atomic E-state index is 0.583. The molecule has 146 valence electrons. The van der Waals surface area contributed by atoms with Crippen LogP contribution < -0.4 is 10.2 Å². The fourth-order valence-corrected chi connectivity index (χ4v) is 4.50. The lowest BCUT2D eigenvalue weighted by Gasteiger charge is -2.32. The lowest BCUT2D eigenvalue weighted by atomic mass is 9.79. The molecule has 1 saturated heterocycles. The second-order valence-electron chi connectivity index (χ2n) is 7.96. The normalized spacial score (nSPS) is 17.7. The first-order chi connectivity index (χ1) is 14.4. The number of pyridine rings is 2. The van der Waals surface area contributed by atoms with Crippen molar-refractivity contribution in [1.82, 2.24) is 30.2 Å². The van der Waals surface area contributed by atoms with E-state index in [1.54, 1.807) is 0 Å². The third-order valence-corrected chi connectivity index (χ3v) is 6.28. The molecule has 0 amide bonds. The molecule has 0 spiro atoms. The van der Waals surface area contributed by atoms with Crippen LogP contribution in [0.5, 0.6) is 0 Å². The molecule has 7 nitrogen and oxygen atoms in total. The Labute approximate surface area is 168 Å². The summed E-state index contributed by atoms with van der Waals surface area (Å²) in [5.41, 5.74) is 4.11. The number of aromatic nitrogens is 5. The summed E-state index contributed by atoms with van der Waals surface area (Å²) >= 11 is 0. The Morgan fingerprint density at radius 2 is 1.93 bits per heavy atom. The van der Waals surface area contributed by atoms with E-state index >= 15 is 0 Å². The first kappa shape index (κ1) is 16.9. The van der Waals surface area contributed by atoms with Crippen molar-refractivity contribution in [2.75, 3.05) is 31.1 Å². The van der Waals surface area contributed by atoms with Crippen molar-refractivity contribution in [3.63, 3.8) is 0 Å². The van der Waals surface area contributed by atoms with Crippen LogP contribution in [0.25, 0.3) is 33.3 Å². The highest BCUT2D eigenvalue weighted by atomic mass is 15.2. The Bertz CT molecular complexity index is 1190. The van der Waals surface area contributed by atoms with E-state index in [-0.39, 0.29) is 0 Å². The smallest absolute Gasteiger partial charge is 0.163 e. The molecule has 1 aliphatic carbocycles. The average molecular weight is 385 g/mol. The van der Waals surface area contributed by atoms with Crippen LogP contribution in [0, 0.1) is 0 Å². The summed E-state index contributed by atoms with van der Waals surface area (Å²) in [6, 6.07) is 4.04. The number of fused-ring (bicyclic) bond motifs is 2. The Balaban J connectivity index is 1.61. The van der Waals surface area contributed by atoms with Gasteiger partial charge in [0.2, 0.25) is 0 Å². The molecule has 0 bridgehead atoms. The maximum absolute atomic E-state index is 5.14. The summed E-state index contributed by atoms with van der Waals surface area (Å²) in [4.78, 5) is 24.7. The number of rotatable bonds is 3. The van der Waals surface area contributed by atoms with E-state index in [1.807, 2.05) is 36.9 Å². The molecule has 0 atom stereocenters. The van der Waals surface area contributed by atoms with E-state index in [2.05, 4.69) is 25.2 Å². The zero-order valence-corrected chi connectivity index (χ0v) is 16.2. The van der Waals surface area contributed by atoms with E-state index in [9.17, 15) is 0 Å². The molecule has 4 aromatic rings. The minimum absolute atomic E-state index is 0.583. The van der Waals surface area contributed by atoms with E-state index in [1.165, 1.54) is 30.2 Å². The lowest BCUT2D eigenvalue weighted by Crippen LogP contribution is -2.44. The Hall–Kier alpha value is -3.06. The zero-order valence-electron chi connectivity index (χ0n) is 16.2. The molecule has 1 saturated carbocycles. The topological polar surface area (TPSA) is 82.6 Å². The summed E-state index contributed by atoms with van der Waals surface area (Å²) < 4.78 is 0. The first-order valence-corrected chi connectivity index (χ1v) is 10.4. The molecule has 0 aromatic carbocycles. The second kappa shape index (κ2) is 6.77. The Morgan fingerprint density at radius 3 is 2.76 bits per heavy atom. The summed E-state index contributed by atoms with van der Waals surface area (Å²) in [7, 11) is 0. The fourth-order valence-electron chi connectivity index (χ4n) is 4.50. The number of anilines is 1. The van der Waals surface area contributed by atoms with Gasteiger partial charge in [0.1, 0.15) is 11.5 Å². The van der Waals surface area contributed by atoms with Crippen molar-refractivity contribution >= 4 is 27.8 Å². The molecule has 0 unspecified atom stereocenters. The minimum Gasteiger partial charge on any atom is -0.353 e. The largest absolute Gasteiger partial charge is 0.353 e. The third-order valence-electron chi connectivity index (χ3n) is 6.28. The maximum atomic E-state index is 5.14. The number of nitrogens with one attached hydrogen (secondary N) is 2. The van der Waals surface area contributed by atoms with E-state index in [0.29, 0.717) is 5.92 Å². The number of nitrogens with zero attached hydrogens (tertiary/aromatic N) is 5. The summed E-state index contributed by atoms with van der Waals surface area (Å²) in [5.74, 6) is 2.38. The summed E-state index contributed by atoms with van der Waals surface area (Å²) in [6.45, 7) is 3.85. The Morgan fingerprint density at radius 1 is 1.03 bits per heavy atom. The molecule has 4 aromatic heterocycles. The predicted octanol–water partition coefficient (Wildman–Crippen LogP) is 3.25. The summed E-state index contributed by atoms with van der Waals surface area (Å²) in [6.07, 6.45) is 11.4. The van der Waals surface area contributed by atoms with E-state index < -0.39 is 0 Å². The summed E-state index contributed by atoms with van der Waals surface area (Å²) in [5, 5.41) is 5.68. The van der Waals surface area contributed by atoms with Gasteiger partial charge in [-0.1, -0.05) is 6.42 Å². The molecule has 2 fully saturated rings. The van der Waals surface area contributed by atoms with Crippen LogP contribution in [0.3, 0.4) is 0 Å². The maximum Gasteiger partial charge on any atom is 0.163 e. The number of aromatic amines is 1. The highest BCUT2D eigenvalue weighted by molar-refractivity contribution is 5.97. The molecular weight excluding hydrogens is 362 g/mol. The van der Waals surface area contributed by atoms with Crippen molar-refractivity contribution < 1.29 is 0 Å². The molecule has 5 heterocycles. The van der Waals surface area contributed by atoms with Crippen LogP contribution in [0.1, 0.15) is 30.7 Å². The first-order valence-electron chi connectivity index (χ1n) is 10.4. The predicted molar refractivity (Wildman–Crippen MR) is 114 cm³/mol. The van der Waals surface area contributed by atoms with Crippen molar-refractivity contribution in [1.29, 1.82) is 0 Å². The lowest BCUT2D eigenvalue weighted by molar-refractivity contribution is 0.421. The number of H-pyrrole nitrogens is 1. The molecule has 6 rings (SSSR count). The molecule has 7 heteroatoms. The van der Waals surface area contributed by atoms with Gasteiger partial charge in [-0.25, -0.2) is 15.0 Å². The van der Waals surface area contributed by atoms with Gasteiger partial charge < -0.3 is 15.2 Å². The molecule has 0 radical (unpaired) electrons. The van der Waals surface area contributed by atoms with Gasteiger partial charge in [-0.3, -0.25) is 4.98 Å².